The Morgan fingerprint density at radius 2 is 2.00 bits per heavy atom. The summed E-state index contributed by atoms with van der Waals surface area (Å²) in [6, 6.07) is 3.40. The van der Waals surface area contributed by atoms with Gasteiger partial charge in [0.1, 0.15) is 6.61 Å². The Hall–Kier alpha value is -2.28. The molecule has 0 aliphatic carbocycles. The Morgan fingerprint density at radius 3 is 2.68 bits per heavy atom. The van der Waals surface area contributed by atoms with Crippen LogP contribution in [0, 0.1) is 6.92 Å². The minimum absolute atomic E-state index is 0.154. The summed E-state index contributed by atoms with van der Waals surface area (Å²) >= 11 is 0. The molecule has 1 N–H and O–H groups in total. The second-order valence-corrected chi connectivity index (χ2v) is 3.93. The van der Waals surface area contributed by atoms with Crippen molar-refractivity contribution < 1.29 is 28.9 Å². The van der Waals surface area contributed by atoms with E-state index in [1.54, 1.807) is 19.1 Å². The van der Waals surface area contributed by atoms with E-state index in [9.17, 15) is 14.7 Å². The number of fused-ring (bicyclic) bond motifs is 1. The molecule has 1 aliphatic rings. The summed E-state index contributed by atoms with van der Waals surface area (Å²) in [5, 5.41) is 12.7. The number of aliphatic carboxylic acids is 1. The minimum atomic E-state index is -1.37. The highest BCUT2D eigenvalue weighted by Crippen LogP contribution is 2.36. The van der Waals surface area contributed by atoms with E-state index in [4.69, 9.17) is 9.47 Å². The highest BCUT2D eigenvalue weighted by atomic mass is 16.7. The average Bonchev–Trinajstić information content (AvgIpc) is 2.76. The predicted molar refractivity (Wildman–Crippen MR) is 61.8 cm³/mol. The van der Waals surface area contributed by atoms with E-state index in [0.29, 0.717) is 17.2 Å². The Kier molecular flexibility index (Phi) is 3.86. The maximum atomic E-state index is 11.5. The molecule has 7 heteroatoms. The van der Waals surface area contributed by atoms with Crippen molar-refractivity contribution in [3.05, 3.63) is 17.7 Å². The molecular formula is C12H12NO6-. The van der Waals surface area contributed by atoms with Gasteiger partial charge in [-0.25, -0.2) is 0 Å². The van der Waals surface area contributed by atoms with Crippen molar-refractivity contribution in [2.45, 2.75) is 6.92 Å². The van der Waals surface area contributed by atoms with Crippen molar-refractivity contribution in [3.8, 4) is 11.5 Å². The first-order valence-electron chi connectivity index (χ1n) is 5.54. The molecule has 7 nitrogen and oxygen atoms in total. The van der Waals surface area contributed by atoms with E-state index >= 15 is 0 Å². The zero-order chi connectivity index (χ0) is 13.8. The predicted octanol–water partition coefficient (Wildman–Crippen LogP) is -0.571. The SMILES string of the molecule is Cc1cc2c(cc1NC(=O)COCC(=O)[O-])OCO2. The zero-order valence-electron chi connectivity index (χ0n) is 10.2. The number of carboxylic acids is 1. The van der Waals surface area contributed by atoms with E-state index in [1.807, 2.05) is 0 Å². The van der Waals surface area contributed by atoms with Crippen LogP contribution in [0.1, 0.15) is 5.56 Å². The monoisotopic (exact) mass is 266 g/mol. The molecule has 102 valence electrons. The fourth-order valence-electron chi connectivity index (χ4n) is 1.59. The fraction of sp³-hybridized carbons (Fsp3) is 0.333. The first-order valence-corrected chi connectivity index (χ1v) is 5.54. The van der Waals surface area contributed by atoms with Crippen LogP contribution >= 0.6 is 0 Å². The molecule has 1 aromatic rings. The molecule has 1 aromatic carbocycles. The lowest BCUT2D eigenvalue weighted by molar-refractivity contribution is -0.309. The molecule has 1 heterocycles. The van der Waals surface area contributed by atoms with Crippen LogP contribution in [0.2, 0.25) is 0 Å². The summed E-state index contributed by atoms with van der Waals surface area (Å²) in [5.74, 6) is -0.643. The van der Waals surface area contributed by atoms with Crippen molar-refractivity contribution in [1.29, 1.82) is 0 Å². The zero-order valence-corrected chi connectivity index (χ0v) is 10.2. The van der Waals surface area contributed by atoms with E-state index in [2.05, 4.69) is 10.1 Å². The second kappa shape index (κ2) is 5.57. The molecule has 1 amide bonds. The largest absolute Gasteiger partial charge is 0.548 e. The molecule has 19 heavy (non-hydrogen) atoms. The number of carbonyl (C=O) groups is 2. The number of amides is 1. The van der Waals surface area contributed by atoms with Gasteiger partial charge in [0.05, 0.1) is 12.6 Å². The minimum Gasteiger partial charge on any atom is -0.548 e. The van der Waals surface area contributed by atoms with Crippen molar-refractivity contribution in [1.82, 2.24) is 0 Å². The molecule has 0 bridgehead atoms. The summed E-state index contributed by atoms with van der Waals surface area (Å²) in [7, 11) is 0. The Bertz CT molecular complexity index is 513. The molecule has 0 saturated heterocycles. The molecule has 0 saturated carbocycles. The summed E-state index contributed by atoms with van der Waals surface area (Å²) < 4.78 is 15.0. The fourth-order valence-corrected chi connectivity index (χ4v) is 1.59. The summed E-state index contributed by atoms with van der Waals surface area (Å²) in [4.78, 5) is 21.6. The van der Waals surface area contributed by atoms with Crippen LogP contribution in [0.15, 0.2) is 12.1 Å². The van der Waals surface area contributed by atoms with Crippen LogP contribution < -0.4 is 19.9 Å². The third-order valence-corrected chi connectivity index (χ3v) is 2.45. The standard InChI is InChI=1S/C12H13NO6/c1-7-2-9-10(19-6-18-9)3-8(7)13-11(14)4-17-5-12(15)16/h2-3H,4-6H2,1H3,(H,13,14)(H,15,16)/p-1. The smallest absolute Gasteiger partial charge is 0.250 e. The van der Waals surface area contributed by atoms with Crippen molar-refractivity contribution in [2.24, 2.45) is 0 Å². The van der Waals surface area contributed by atoms with Gasteiger partial charge in [-0.2, -0.15) is 0 Å². The van der Waals surface area contributed by atoms with Gasteiger partial charge in [0, 0.05) is 11.8 Å². The van der Waals surface area contributed by atoms with Gasteiger partial charge in [0.25, 0.3) is 0 Å². The lowest BCUT2D eigenvalue weighted by atomic mass is 10.1. The van der Waals surface area contributed by atoms with Crippen molar-refractivity contribution in [2.75, 3.05) is 25.3 Å². The van der Waals surface area contributed by atoms with Crippen LogP contribution in [0.25, 0.3) is 0 Å². The summed E-state index contributed by atoms with van der Waals surface area (Å²) in [6.45, 7) is 0.982. The van der Waals surface area contributed by atoms with Gasteiger partial charge in [-0.05, 0) is 18.6 Å². The van der Waals surface area contributed by atoms with Gasteiger partial charge >= 0.3 is 0 Å². The number of aryl methyl sites for hydroxylation is 1. The topological polar surface area (TPSA) is 96.9 Å². The van der Waals surface area contributed by atoms with E-state index in [0.717, 1.165) is 5.56 Å². The normalized spacial score (nSPS) is 12.3. The molecule has 0 aromatic heterocycles. The third kappa shape index (κ3) is 3.35. The van der Waals surface area contributed by atoms with Crippen molar-refractivity contribution >= 4 is 17.6 Å². The number of carbonyl (C=O) groups excluding carboxylic acids is 2. The first-order chi connectivity index (χ1) is 9.06. The molecule has 0 unspecified atom stereocenters. The molecule has 2 rings (SSSR count). The first kappa shape index (κ1) is 13.2. The number of rotatable bonds is 5. The average molecular weight is 266 g/mol. The van der Waals surface area contributed by atoms with Crippen LogP contribution in [0.3, 0.4) is 0 Å². The van der Waals surface area contributed by atoms with Gasteiger partial charge in [0.2, 0.25) is 12.7 Å². The Labute approximate surface area is 109 Å². The quantitative estimate of drug-likeness (QED) is 0.766. The van der Waals surface area contributed by atoms with Crippen LogP contribution in [0.4, 0.5) is 5.69 Å². The van der Waals surface area contributed by atoms with Gasteiger partial charge in [0.15, 0.2) is 11.5 Å². The lowest BCUT2D eigenvalue weighted by Gasteiger charge is -2.10. The van der Waals surface area contributed by atoms with Crippen LogP contribution in [-0.2, 0) is 14.3 Å². The van der Waals surface area contributed by atoms with Gasteiger partial charge in [-0.1, -0.05) is 0 Å². The number of anilines is 1. The summed E-state index contributed by atoms with van der Waals surface area (Å²) in [5.41, 5.74) is 1.36. The van der Waals surface area contributed by atoms with E-state index < -0.39 is 18.5 Å². The summed E-state index contributed by atoms with van der Waals surface area (Å²) in [6.07, 6.45) is 0. The van der Waals surface area contributed by atoms with E-state index in [1.165, 1.54) is 0 Å². The number of hydrogen-bond acceptors (Lipinski definition) is 6. The molecular weight excluding hydrogens is 254 g/mol. The van der Waals surface area contributed by atoms with Crippen molar-refractivity contribution in [3.63, 3.8) is 0 Å². The van der Waals surface area contributed by atoms with Crippen LogP contribution in [0.5, 0.6) is 11.5 Å². The lowest BCUT2D eigenvalue weighted by Crippen LogP contribution is -2.29. The molecule has 0 fully saturated rings. The van der Waals surface area contributed by atoms with Gasteiger partial charge < -0.3 is 29.4 Å². The molecule has 0 spiro atoms. The Morgan fingerprint density at radius 1 is 1.32 bits per heavy atom. The Balaban J connectivity index is 1.95. The number of hydrogen-bond donors (Lipinski definition) is 1. The number of benzene rings is 1. The highest BCUT2D eigenvalue weighted by Gasteiger charge is 2.16. The highest BCUT2D eigenvalue weighted by molar-refractivity contribution is 5.93. The third-order valence-electron chi connectivity index (χ3n) is 2.45. The number of nitrogens with one attached hydrogen (secondary N) is 1. The van der Waals surface area contributed by atoms with Gasteiger partial charge in [-0.3, -0.25) is 4.79 Å². The molecule has 1 aliphatic heterocycles. The van der Waals surface area contributed by atoms with Gasteiger partial charge in [-0.15, -0.1) is 0 Å². The molecule has 0 atom stereocenters. The second-order valence-electron chi connectivity index (χ2n) is 3.93. The molecule has 0 radical (unpaired) electrons. The number of carboxylic acid groups (broad SMARTS) is 1. The number of ether oxygens (including phenoxy) is 3. The van der Waals surface area contributed by atoms with Crippen LogP contribution in [-0.4, -0.2) is 31.9 Å². The van der Waals surface area contributed by atoms with E-state index in [-0.39, 0.29) is 13.4 Å². The maximum Gasteiger partial charge on any atom is 0.250 e. The maximum absolute atomic E-state index is 11.5.